The summed E-state index contributed by atoms with van der Waals surface area (Å²) in [6.07, 6.45) is 11.9. The van der Waals surface area contributed by atoms with E-state index in [1.807, 2.05) is 4.90 Å². The van der Waals surface area contributed by atoms with Gasteiger partial charge in [0.2, 0.25) is 5.91 Å². The predicted molar refractivity (Wildman–Crippen MR) is 170 cm³/mol. The molecule has 3 aromatic rings. The minimum atomic E-state index is -1.25. The molecule has 5 aliphatic rings. The molecule has 1 aromatic carbocycles. The number of rotatable bonds is 6. The fraction of sp³-hybridized carbons (Fsp3) is 0.559. The summed E-state index contributed by atoms with van der Waals surface area (Å²) in [7, 11) is 0. The minimum absolute atomic E-state index is 0.239. The van der Waals surface area contributed by atoms with Crippen molar-refractivity contribution in [1.82, 2.24) is 19.8 Å². The van der Waals surface area contributed by atoms with Gasteiger partial charge in [-0.2, -0.15) is 0 Å². The van der Waals surface area contributed by atoms with Gasteiger partial charge in [0.05, 0.1) is 17.6 Å². The number of anilines is 2. The Kier molecular flexibility index (Phi) is 7.09. The lowest BCUT2D eigenvalue weighted by molar-refractivity contribution is -0.120. The Bertz CT molecular complexity index is 1650. The Morgan fingerprint density at radius 2 is 1.76 bits per heavy atom. The van der Waals surface area contributed by atoms with Crippen molar-refractivity contribution in [2.45, 2.75) is 75.4 Å². The third kappa shape index (κ3) is 5.47. The maximum absolute atomic E-state index is 16.0. The number of fused-ring (bicyclic) bond motifs is 1. The fourth-order valence-electron chi connectivity index (χ4n) is 8.27. The molecule has 3 amide bonds. The number of halogens is 3. The molecule has 3 saturated heterocycles. The monoisotopic (exact) mass is 636 g/mol. The van der Waals surface area contributed by atoms with E-state index in [4.69, 9.17) is 16.6 Å². The van der Waals surface area contributed by atoms with Gasteiger partial charge in [0.1, 0.15) is 17.1 Å². The lowest BCUT2D eigenvalue weighted by atomic mass is 9.60. The van der Waals surface area contributed by atoms with E-state index in [-0.39, 0.29) is 24.2 Å². The summed E-state index contributed by atoms with van der Waals surface area (Å²) in [6, 6.07) is 6.64. The van der Waals surface area contributed by atoms with Gasteiger partial charge in [0, 0.05) is 68.1 Å². The van der Waals surface area contributed by atoms with Gasteiger partial charge in [-0.15, -0.1) is 0 Å². The Labute approximate surface area is 266 Å². The van der Waals surface area contributed by atoms with Crippen LogP contribution in [0.25, 0.3) is 11.0 Å². The van der Waals surface area contributed by atoms with Gasteiger partial charge in [-0.3, -0.25) is 15.0 Å². The molecule has 0 bridgehead atoms. The Balaban J connectivity index is 0.891. The fourth-order valence-corrected chi connectivity index (χ4v) is 8.43. The number of hydrogen-bond donors (Lipinski definition) is 1. The van der Waals surface area contributed by atoms with E-state index in [0.717, 1.165) is 55.5 Å². The lowest BCUT2D eigenvalue weighted by Gasteiger charge is -2.53. The topological polar surface area (TPSA) is 73.7 Å². The van der Waals surface area contributed by atoms with Crippen LogP contribution in [0.3, 0.4) is 0 Å². The highest BCUT2D eigenvalue weighted by atomic mass is 35.5. The highest BCUT2D eigenvalue weighted by Crippen LogP contribution is 2.56. The summed E-state index contributed by atoms with van der Waals surface area (Å²) < 4.78 is 32.7. The van der Waals surface area contributed by atoms with Crippen LogP contribution in [-0.2, 0) is 4.79 Å². The normalized spacial score (nSPS) is 23.9. The van der Waals surface area contributed by atoms with Crippen LogP contribution in [-0.4, -0.2) is 71.3 Å². The van der Waals surface area contributed by atoms with Crippen molar-refractivity contribution in [3.05, 3.63) is 53.1 Å². The highest BCUT2D eigenvalue weighted by Gasteiger charge is 2.48. The Morgan fingerprint density at radius 3 is 2.47 bits per heavy atom. The van der Waals surface area contributed by atoms with Crippen LogP contribution in [0.4, 0.5) is 25.0 Å². The number of nitrogens with one attached hydrogen (secondary N) is 1. The summed E-state index contributed by atoms with van der Waals surface area (Å²) in [5, 5.41) is 4.02. The molecule has 0 unspecified atom stereocenters. The number of piperidine rings is 2. The zero-order valence-corrected chi connectivity index (χ0v) is 26.2. The zero-order valence-electron chi connectivity index (χ0n) is 25.4. The van der Waals surface area contributed by atoms with Gasteiger partial charge in [-0.05, 0) is 92.8 Å². The van der Waals surface area contributed by atoms with Crippen molar-refractivity contribution in [1.29, 1.82) is 0 Å². The smallest absolute Gasteiger partial charge is 0.328 e. The third-order valence-electron chi connectivity index (χ3n) is 11.1. The summed E-state index contributed by atoms with van der Waals surface area (Å²) >= 11 is 6.09. The number of aromatic nitrogens is 2. The van der Waals surface area contributed by atoms with E-state index in [2.05, 4.69) is 27.0 Å². The van der Waals surface area contributed by atoms with Gasteiger partial charge in [-0.1, -0.05) is 11.6 Å². The summed E-state index contributed by atoms with van der Waals surface area (Å²) in [4.78, 5) is 34.8. The molecular weight excluding hydrogens is 598 g/mol. The van der Waals surface area contributed by atoms with Crippen LogP contribution in [0.15, 0.2) is 36.7 Å². The van der Waals surface area contributed by atoms with Crippen LogP contribution < -0.4 is 15.1 Å². The molecule has 8 nitrogen and oxygen atoms in total. The molecule has 45 heavy (non-hydrogen) atoms. The standard InChI is InChI=1S/C34H39ClF2N6O2/c35-23-3-4-28(36)29(15-23)41-13-8-34(37,9-14-41)21-40-11-6-33(7-12-40)17-25(18-33)43-20-27(22-1-2-22)26-16-24(19-38-31(26)43)42-10-5-30(44)39-32(42)45/h3-4,15-16,19-20,22,25H,1-2,5-14,17-18,21H2,(H,39,44,45). The van der Waals surface area contributed by atoms with Gasteiger partial charge >= 0.3 is 6.03 Å². The van der Waals surface area contributed by atoms with Crippen LogP contribution in [0.2, 0.25) is 5.02 Å². The van der Waals surface area contributed by atoms with Gasteiger partial charge < -0.3 is 14.4 Å². The van der Waals surface area contributed by atoms with Crippen molar-refractivity contribution in [3.63, 3.8) is 0 Å². The molecule has 0 radical (unpaired) electrons. The second-order valence-corrected chi connectivity index (χ2v) is 14.6. The number of alkyl halides is 1. The average Bonchev–Trinajstić information content (AvgIpc) is 3.78. The molecule has 2 aromatic heterocycles. The van der Waals surface area contributed by atoms with Crippen molar-refractivity contribution >= 4 is 45.9 Å². The van der Waals surface area contributed by atoms with E-state index >= 15 is 4.39 Å². The SMILES string of the molecule is O=C1CCN(c2cnc3c(c2)c(C2CC2)cn3C2CC3(CCN(CC4(F)CCN(c5cc(Cl)ccc5F)CC4)CC3)C2)C(=O)N1. The van der Waals surface area contributed by atoms with E-state index in [9.17, 15) is 14.0 Å². The molecule has 0 atom stereocenters. The third-order valence-corrected chi connectivity index (χ3v) is 11.4. The molecule has 1 N–H and O–H groups in total. The number of carbonyl (C=O) groups excluding carboxylic acids is 2. The van der Waals surface area contributed by atoms with E-state index in [1.54, 1.807) is 23.2 Å². The van der Waals surface area contributed by atoms with Crippen molar-refractivity contribution in [2.75, 3.05) is 49.1 Å². The summed E-state index contributed by atoms with van der Waals surface area (Å²) in [6.45, 7) is 3.60. The molecular formula is C34H39ClF2N6O2. The molecule has 2 aliphatic carbocycles. The minimum Gasteiger partial charge on any atom is -0.369 e. The number of carbonyl (C=O) groups is 2. The van der Waals surface area contributed by atoms with Gasteiger partial charge in [0.15, 0.2) is 0 Å². The average molecular weight is 637 g/mol. The second-order valence-electron chi connectivity index (χ2n) is 14.2. The first kappa shape index (κ1) is 29.2. The number of urea groups is 1. The number of pyridine rings is 1. The van der Waals surface area contributed by atoms with E-state index < -0.39 is 5.67 Å². The molecule has 5 heterocycles. The number of amides is 3. The summed E-state index contributed by atoms with van der Waals surface area (Å²) in [5.41, 5.74) is 2.54. The molecule has 3 aliphatic heterocycles. The Morgan fingerprint density at radius 1 is 1.00 bits per heavy atom. The quantitative estimate of drug-likeness (QED) is 0.331. The van der Waals surface area contributed by atoms with Crippen molar-refractivity contribution in [2.24, 2.45) is 5.41 Å². The van der Waals surface area contributed by atoms with Gasteiger partial charge in [0.25, 0.3) is 0 Å². The van der Waals surface area contributed by atoms with Crippen molar-refractivity contribution < 1.29 is 18.4 Å². The van der Waals surface area contributed by atoms with Gasteiger partial charge in [-0.25, -0.2) is 18.6 Å². The summed E-state index contributed by atoms with van der Waals surface area (Å²) in [5.74, 6) is -0.00491. The van der Waals surface area contributed by atoms with E-state index in [1.165, 1.54) is 24.5 Å². The predicted octanol–water partition coefficient (Wildman–Crippen LogP) is 6.58. The number of hydrogen-bond acceptors (Lipinski definition) is 5. The number of imide groups is 1. The van der Waals surface area contributed by atoms with Crippen LogP contribution in [0, 0.1) is 11.2 Å². The first-order valence-corrected chi connectivity index (χ1v) is 16.8. The first-order valence-electron chi connectivity index (χ1n) is 16.4. The highest BCUT2D eigenvalue weighted by molar-refractivity contribution is 6.30. The second kappa shape index (κ2) is 10.9. The van der Waals surface area contributed by atoms with Crippen molar-refractivity contribution in [3.8, 4) is 0 Å². The maximum Gasteiger partial charge on any atom is 0.328 e. The van der Waals surface area contributed by atoms with Crippen LogP contribution in [0.5, 0.6) is 0 Å². The number of nitrogens with zero attached hydrogens (tertiary/aromatic N) is 5. The number of benzene rings is 1. The molecule has 1 spiro atoms. The molecule has 2 saturated carbocycles. The van der Waals surface area contributed by atoms with Crippen LogP contribution >= 0.6 is 11.6 Å². The molecule has 8 rings (SSSR count). The van der Waals surface area contributed by atoms with Crippen LogP contribution in [0.1, 0.15) is 75.3 Å². The molecule has 5 fully saturated rings. The Hall–Kier alpha value is -3.24. The number of likely N-dealkylation sites (tertiary alicyclic amines) is 1. The van der Waals surface area contributed by atoms with E-state index in [0.29, 0.717) is 67.1 Å². The molecule has 11 heteroatoms. The maximum atomic E-state index is 16.0. The molecule has 238 valence electrons. The zero-order chi connectivity index (χ0) is 30.9. The largest absolute Gasteiger partial charge is 0.369 e. The lowest BCUT2D eigenvalue weighted by Crippen LogP contribution is -2.53. The first-order chi connectivity index (χ1) is 21.7.